The smallest absolute Gasteiger partial charge is 0.229 e. The first-order valence-electron chi connectivity index (χ1n) is 8.74. The summed E-state index contributed by atoms with van der Waals surface area (Å²) >= 11 is 1.78. The molecular formula is C18H27IN4O2S. The molecule has 0 radical (unpaired) electrons. The fraction of sp³-hybridized carbons (Fsp3) is 0.500. The van der Waals surface area contributed by atoms with Crippen LogP contribution in [0.3, 0.4) is 0 Å². The van der Waals surface area contributed by atoms with E-state index in [9.17, 15) is 9.59 Å². The molecule has 0 spiro atoms. The summed E-state index contributed by atoms with van der Waals surface area (Å²) in [5.41, 5.74) is 0. The Labute approximate surface area is 176 Å². The van der Waals surface area contributed by atoms with E-state index in [-0.39, 0.29) is 35.8 Å². The summed E-state index contributed by atoms with van der Waals surface area (Å²) in [6.45, 7) is 4.32. The number of amides is 2. The molecule has 1 aliphatic rings. The van der Waals surface area contributed by atoms with Crippen molar-refractivity contribution in [1.29, 1.82) is 0 Å². The molecule has 0 atom stereocenters. The third-order valence-electron chi connectivity index (χ3n) is 3.73. The highest BCUT2D eigenvalue weighted by Crippen LogP contribution is 2.15. The highest BCUT2D eigenvalue weighted by Gasteiger charge is 2.24. The van der Waals surface area contributed by atoms with Gasteiger partial charge in [0, 0.05) is 43.1 Å². The molecule has 0 aromatic heterocycles. The van der Waals surface area contributed by atoms with E-state index < -0.39 is 0 Å². The quantitative estimate of drug-likeness (QED) is 0.146. The number of halogens is 1. The van der Waals surface area contributed by atoms with Crippen molar-refractivity contribution in [1.82, 2.24) is 15.5 Å². The molecule has 0 saturated carbocycles. The minimum absolute atomic E-state index is 0. The van der Waals surface area contributed by atoms with Crippen molar-refractivity contribution in [2.24, 2.45) is 4.99 Å². The van der Waals surface area contributed by atoms with E-state index in [1.165, 1.54) is 9.80 Å². The fourth-order valence-electron chi connectivity index (χ4n) is 2.51. The van der Waals surface area contributed by atoms with E-state index >= 15 is 0 Å². The second kappa shape index (κ2) is 13.0. The summed E-state index contributed by atoms with van der Waals surface area (Å²) in [5.74, 6) is 1.48. The highest BCUT2D eigenvalue weighted by molar-refractivity contribution is 14.0. The lowest BCUT2D eigenvalue weighted by Gasteiger charge is -2.24. The summed E-state index contributed by atoms with van der Waals surface area (Å²) in [7, 11) is 0. The molecule has 6 nitrogen and oxygen atoms in total. The van der Waals surface area contributed by atoms with Crippen LogP contribution in [0.25, 0.3) is 0 Å². The van der Waals surface area contributed by atoms with Crippen molar-refractivity contribution in [3.8, 4) is 0 Å². The van der Waals surface area contributed by atoms with Gasteiger partial charge in [0.25, 0.3) is 0 Å². The first kappa shape index (κ1) is 22.8. The molecule has 2 N–H and O–H groups in total. The number of carbonyl (C=O) groups excluding carboxylic acids is 2. The number of hydrogen-bond acceptors (Lipinski definition) is 4. The van der Waals surface area contributed by atoms with E-state index in [1.807, 2.05) is 25.1 Å². The maximum absolute atomic E-state index is 11.8. The number of imide groups is 1. The molecule has 1 fully saturated rings. The lowest BCUT2D eigenvalue weighted by Crippen LogP contribution is -2.42. The van der Waals surface area contributed by atoms with Crippen LogP contribution in [0.2, 0.25) is 0 Å². The summed E-state index contributed by atoms with van der Waals surface area (Å²) in [6.07, 6.45) is 1.59. The van der Waals surface area contributed by atoms with Crippen LogP contribution in [-0.2, 0) is 9.59 Å². The zero-order valence-corrected chi connectivity index (χ0v) is 18.2. The molecule has 2 amide bonds. The number of thioether (sulfide) groups is 1. The van der Waals surface area contributed by atoms with Crippen molar-refractivity contribution >= 4 is 53.5 Å². The van der Waals surface area contributed by atoms with Gasteiger partial charge in [-0.1, -0.05) is 18.2 Å². The van der Waals surface area contributed by atoms with Crippen molar-refractivity contribution in [3.63, 3.8) is 0 Å². The molecule has 1 heterocycles. The molecule has 0 unspecified atom stereocenters. The number of carbonyl (C=O) groups is 2. The topological polar surface area (TPSA) is 73.8 Å². The Bertz CT molecular complexity index is 582. The van der Waals surface area contributed by atoms with Crippen molar-refractivity contribution in [3.05, 3.63) is 30.3 Å². The average Bonchev–Trinajstić information content (AvgIpc) is 2.62. The number of aliphatic imine (C=N–C) groups is 1. The number of hydrogen-bond donors (Lipinski definition) is 2. The number of likely N-dealkylation sites (tertiary alicyclic amines) is 1. The van der Waals surface area contributed by atoms with Crippen LogP contribution < -0.4 is 10.6 Å². The summed E-state index contributed by atoms with van der Waals surface area (Å²) in [6, 6.07) is 10.3. The first-order valence-corrected chi connectivity index (χ1v) is 9.72. The van der Waals surface area contributed by atoms with Crippen LogP contribution in [0.5, 0.6) is 0 Å². The van der Waals surface area contributed by atoms with E-state index in [4.69, 9.17) is 0 Å². The molecule has 8 heteroatoms. The Balaban J connectivity index is 0.00000338. The van der Waals surface area contributed by atoms with Gasteiger partial charge in [0.15, 0.2) is 5.96 Å². The zero-order valence-electron chi connectivity index (χ0n) is 15.1. The van der Waals surface area contributed by atoms with Gasteiger partial charge in [0.2, 0.25) is 11.8 Å². The van der Waals surface area contributed by atoms with Gasteiger partial charge in [0.1, 0.15) is 0 Å². The second-order valence-electron chi connectivity index (χ2n) is 5.64. The Morgan fingerprint density at radius 3 is 2.50 bits per heavy atom. The fourth-order valence-corrected chi connectivity index (χ4v) is 3.30. The maximum atomic E-state index is 11.8. The molecule has 1 aliphatic heterocycles. The normalized spacial score (nSPS) is 14.8. The maximum Gasteiger partial charge on any atom is 0.229 e. The number of rotatable bonds is 8. The average molecular weight is 490 g/mol. The first-order chi connectivity index (χ1) is 12.2. The number of guanidine groups is 1. The Morgan fingerprint density at radius 1 is 1.15 bits per heavy atom. The van der Waals surface area contributed by atoms with Gasteiger partial charge in [-0.15, -0.1) is 35.7 Å². The monoisotopic (exact) mass is 490 g/mol. The number of nitrogens with zero attached hydrogens (tertiary/aromatic N) is 2. The van der Waals surface area contributed by atoms with Gasteiger partial charge < -0.3 is 10.6 Å². The molecule has 1 aromatic carbocycles. The van der Waals surface area contributed by atoms with Gasteiger partial charge in [0.05, 0.1) is 6.54 Å². The minimum atomic E-state index is -0.0799. The van der Waals surface area contributed by atoms with Gasteiger partial charge in [-0.3, -0.25) is 19.5 Å². The third kappa shape index (κ3) is 7.94. The van der Waals surface area contributed by atoms with Crippen LogP contribution in [0.1, 0.15) is 26.2 Å². The van der Waals surface area contributed by atoms with Crippen LogP contribution in [0.15, 0.2) is 40.2 Å². The van der Waals surface area contributed by atoms with Gasteiger partial charge >= 0.3 is 0 Å². The molecule has 1 aromatic rings. The van der Waals surface area contributed by atoms with Crippen molar-refractivity contribution in [2.45, 2.75) is 31.1 Å². The SMILES string of the molecule is CCNC(=NCCN1C(=O)CCCC1=O)NCCSc1ccccc1.I. The third-order valence-corrected chi connectivity index (χ3v) is 4.74. The minimum Gasteiger partial charge on any atom is -0.357 e. The second-order valence-corrected chi connectivity index (χ2v) is 6.81. The molecule has 0 aliphatic carbocycles. The Morgan fingerprint density at radius 2 is 1.85 bits per heavy atom. The lowest BCUT2D eigenvalue weighted by molar-refractivity contribution is -0.147. The molecule has 0 bridgehead atoms. The van der Waals surface area contributed by atoms with Crippen LogP contribution in [-0.4, -0.2) is 54.6 Å². The number of nitrogens with one attached hydrogen (secondary N) is 2. The number of benzene rings is 1. The standard InChI is InChI=1S/C18H26N4O2S.HI/c1-2-19-18(21-12-14-25-15-7-4-3-5-8-15)20-11-13-22-16(23)9-6-10-17(22)24;/h3-5,7-8H,2,6,9-14H2,1H3,(H2,19,20,21);1H. The lowest BCUT2D eigenvalue weighted by atomic mass is 10.1. The van der Waals surface area contributed by atoms with E-state index in [1.54, 1.807) is 11.8 Å². The highest BCUT2D eigenvalue weighted by atomic mass is 127. The van der Waals surface area contributed by atoms with Crippen LogP contribution >= 0.6 is 35.7 Å². The Hall–Kier alpha value is -1.29. The van der Waals surface area contributed by atoms with Gasteiger partial charge in [-0.25, -0.2) is 0 Å². The molecular weight excluding hydrogens is 463 g/mol. The zero-order chi connectivity index (χ0) is 17.9. The number of piperidine rings is 1. The van der Waals surface area contributed by atoms with Crippen LogP contribution in [0, 0.1) is 0 Å². The predicted molar refractivity (Wildman–Crippen MR) is 117 cm³/mol. The molecule has 144 valence electrons. The summed E-state index contributed by atoms with van der Waals surface area (Å²) < 4.78 is 0. The van der Waals surface area contributed by atoms with Gasteiger partial charge in [-0.2, -0.15) is 0 Å². The van der Waals surface area contributed by atoms with Crippen LogP contribution in [0.4, 0.5) is 0 Å². The van der Waals surface area contributed by atoms with E-state index in [2.05, 4.69) is 27.8 Å². The Kier molecular flexibility index (Phi) is 11.3. The van der Waals surface area contributed by atoms with Crippen molar-refractivity contribution < 1.29 is 9.59 Å². The van der Waals surface area contributed by atoms with E-state index in [0.717, 1.165) is 18.8 Å². The predicted octanol–water partition coefficient (Wildman–Crippen LogP) is 2.49. The summed E-state index contributed by atoms with van der Waals surface area (Å²) in [4.78, 5) is 30.6. The van der Waals surface area contributed by atoms with Gasteiger partial charge in [-0.05, 0) is 25.5 Å². The van der Waals surface area contributed by atoms with Crippen molar-refractivity contribution in [2.75, 3.05) is 31.9 Å². The molecule has 26 heavy (non-hydrogen) atoms. The molecule has 1 saturated heterocycles. The van der Waals surface area contributed by atoms with E-state index in [0.29, 0.717) is 38.3 Å². The largest absolute Gasteiger partial charge is 0.357 e. The molecule has 2 rings (SSSR count). The summed E-state index contributed by atoms with van der Waals surface area (Å²) in [5, 5.41) is 6.46.